The van der Waals surface area contributed by atoms with Gasteiger partial charge in [-0.15, -0.1) is 5.10 Å². The van der Waals surface area contributed by atoms with Crippen molar-refractivity contribution >= 4 is 21.7 Å². The number of hydrogen-bond acceptors (Lipinski definition) is 8. The van der Waals surface area contributed by atoms with Crippen LogP contribution in [-0.4, -0.2) is 63.2 Å². The number of sulfonamides is 1. The zero-order valence-electron chi connectivity index (χ0n) is 22.6. The molecule has 15 heteroatoms. The molecule has 1 amide bonds. The maximum atomic E-state index is 13.4. The monoisotopic (exact) mass is 581 g/mol. The van der Waals surface area contributed by atoms with Crippen LogP contribution in [0.4, 0.5) is 19.0 Å². The molecule has 0 unspecified atom stereocenters. The lowest BCUT2D eigenvalue weighted by molar-refractivity contribution is -0.153. The van der Waals surface area contributed by atoms with Gasteiger partial charge in [0.05, 0.1) is 17.2 Å². The van der Waals surface area contributed by atoms with E-state index in [0.29, 0.717) is 6.54 Å². The van der Waals surface area contributed by atoms with Crippen LogP contribution in [0, 0.1) is 18.8 Å². The fourth-order valence-corrected chi connectivity index (χ4v) is 6.47. The molecule has 0 aromatic carbocycles. The normalized spacial score (nSPS) is 22.4. The summed E-state index contributed by atoms with van der Waals surface area (Å²) < 4.78 is 74.9. The third-order valence-corrected chi connectivity index (χ3v) is 8.58. The number of carbonyl (C=O) groups excluding carboxylic acids is 1. The van der Waals surface area contributed by atoms with Crippen LogP contribution in [0.25, 0.3) is 5.82 Å². The molecule has 1 aliphatic carbocycles. The van der Waals surface area contributed by atoms with Crippen LogP contribution in [0.2, 0.25) is 0 Å². The molecule has 3 aromatic rings. The Bertz CT molecular complexity index is 1560. The molecule has 0 spiro atoms. The average molecular weight is 582 g/mol. The maximum absolute atomic E-state index is 13.4. The van der Waals surface area contributed by atoms with Gasteiger partial charge in [0.1, 0.15) is 16.8 Å². The Kier molecular flexibility index (Phi) is 6.63. The van der Waals surface area contributed by atoms with Crippen molar-refractivity contribution in [1.82, 2.24) is 29.3 Å². The summed E-state index contributed by atoms with van der Waals surface area (Å²) in [7, 11) is -2.64. The lowest BCUT2D eigenvalue weighted by Crippen LogP contribution is -2.41. The highest BCUT2D eigenvalue weighted by atomic mass is 32.2. The molecule has 3 aromatic heterocycles. The van der Waals surface area contributed by atoms with Crippen molar-refractivity contribution in [3.05, 3.63) is 41.9 Å². The highest BCUT2D eigenvalue weighted by Crippen LogP contribution is 2.46. The van der Waals surface area contributed by atoms with E-state index < -0.39 is 39.7 Å². The van der Waals surface area contributed by atoms with E-state index in [1.165, 1.54) is 46.9 Å². The van der Waals surface area contributed by atoms with E-state index in [1.54, 1.807) is 7.05 Å². The molecule has 0 bridgehead atoms. The highest BCUT2D eigenvalue weighted by molar-refractivity contribution is 7.90. The largest absolute Gasteiger partial charge is 0.473 e. The van der Waals surface area contributed by atoms with Crippen LogP contribution in [0.5, 0.6) is 5.88 Å². The molecule has 1 saturated heterocycles. The summed E-state index contributed by atoms with van der Waals surface area (Å²) in [6.45, 7) is 8.20. The first-order valence-corrected chi connectivity index (χ1v) is 14.2. The van der Waals surface area contributed by atoms with E-state index >= 15 is 0 Å². The summed E-state index contributed by atoms with van der Waals surface area (Å²) in [6.07, 6.45) is -1.78. The molecule has 1 saturated carbocycles. The first kappa shape index (κ1) is 27.9. The molecular formula is C25H30F3N7O4S. The number of alkyl halides is 3. The summed E-state index contributed by atoms with van der Waals surface area (Å²) in [5.41, 5.74) is -0.100. The molecule has 40 heavy (non-hydrogen) atoms. The third-order valence-electron chi connectivity index (χ3n) is 7.14. The molecular weight excluding hydrogens is 551 g/mol. The van der Waals surface area contributed by atoms with Gasteiger partial charge in [-0.3, -0.25) is 9.48 Å². The minimum absolute atomic E-state index is 0.0231. The number of hydrogen-bond donors (Lipinski definition) is 1. The Hall–Kier alpha value is -3.62. The second kappa shape index (κ2) is 9.49. The van der Waals surface area contributed by atoms with Crippen LogP contribution < -0.4 is 14.4 Å². The van der Waals surface area contributed by atoms with Crippen molar-refractivity contribution in [1.29, 1.82) is 0 Å². The summed E-state index contributed by atoms with van der Waals surface area (Å²) in [5, 5.41) is 8.26. The standard InChI is InChI=1S/C25H30F3N7O4S/c1-14-11-24(3,4)34(12-14)22-16(23(36)32-40(37,38)19-13-33(5)30-15(19)2)6-7-20(29-22)35-9-8-21(31-35)39-18-10-17(18)25(26,27)28/h6-9,13-14,17-18H,10-12H2,1-5H3,(H,32,36)/t14-,17-,18-/m0/s1. The Morgan fingerprint density at radius 1 is 1.20 bits per heavy atom. The minimum Gasteiger partial charge on any atom is -0.473 e. The topological polar surface area (TPSA) is 124 Å². The molecule has 1 aliphatic heterocycles. The molecule has 1 N–H and O–H groups in total. The van der Waals surface area contributed by atoms with Crippen LogP contribution in [0.15, 0.2) is 35.5 Å². The van der Waals surface area contributed by atoms with Crippen molar-refractivity contribution in [3.8, 4) is 11.7 Å². The number of nitrogens with one attached hydrogen (secondary N) is 1. The van der Waals surface area contributed by atoms with Gasteiger partial charge in [0, 0.05) is 37.6 Å². The van der Waals surface area contributed by atoms with E-state index in [9.17, 15) is 26.4 Å². The Balaban J connectivity index is 1.46. The number of rotatable bonds is 7. The first-order chi connectivity index (χ1) is 18.5. The van der Waals surface area contributed by atoms with E-state index in [1.807, 2.05) is 18.7 Å². The van der Waals surface area contributed by atoms with Gasteiger partial charge in [0.2, 0.25) is 5.88 Å². The number of aromatic nitrogens is 5. The van der Waals surface area contributed by atoms with Gasteiger partial charge in [-0.25, -0.2) is 22.8 Å². The second-order valence-electron chi connectivity index (χ2n) is 11.1. The summed E-state index contributed by atoms with van der Waals surface area (Å²) in [6, 6.07) is 4.39. The number of ether oxygens (including phenoxy) is 1. The van der Waals surface area contributed by atoms with Gasteiger partial charge in [-0.1, -0.05) is 6.92 Å². The van der Waals surface area contributed by atoms with Crippen molar-refractivity contribution in [3.63, 3.8) is 0 Å². The lowest BCUT2D eigenvalue weighted by Gasteiger charge is -2.34. The van der Waals surface area contributed by atoms with Gasteiger partial charge < -0.3 is 9.64 Å². The van der Waals surface area contributed by atoms with Crippen LogP contribution in [0.1, 0.15) is 49.7 Å². The summed E-state index contributed by atoms with van der Waals surface area (Å²) >= 11 is 0. The quantitative estimate of drug-likeness (QED) is 0.451. The van der Waals surface area contributed by atoms with E-state index in [4.69, 9.17) is 4.74 Å². The van der Waals surface area contributed by atoms with E-state index in [0.717, 1.165) is 6.42 Å². The van der Waals surface area contributed by atoms with Crippen LogP contribution in [0.3, 0.4) is 0 Å². The minimum atomic E-state index is -4.32. The number of amides is 1. The zero-order valence-corrected chi connectivity index (χ0v) is 23.4. The number of aryl methyl sites for hydroxylation is 2. The third kappa shape index (κ3) is 5.38. The van der Waals surface area contributed by atoms with Gasteiger partial charge >= 0.3 is 6.18 Å². The average Bonchev–Trinajstić information content (AvgIpc) is 3.16. The number of nitrogens with zero attached hydrogens (tertiary/aromatic N) is 6. The maximum Gasteiger partial charge on any atom is 0.395 e. The van der Waals surface area contributed by atoms with Crippen LogP contribution in [-0.2, 0) is 17.1 Å². The number of anilines is 1. The summed E-state index contributed by atoms with van der Waals surface area (Å²) in [4.78, 5) is 19.9. The highest BCUT2D eigenvalue weighted by Gasteiger charge is 2.58. The molecule has 0 radical (unpaired) electrons. The van der Waals surface area contributed by atoms with Gasteiger partial charge in [-0.2, -0.15) is 18.3 Å². The molecule has 216 valence electrons. The van der Waals surface area contributed by atoms with Crippen molar-refractivity contribution in [2.75, 3.05) is 11.4 Å². The van der Waals surface area contributed by atoms with Crippen molar-refractivity contribution < 1.29 is 31.1 Å². The van der Waals surface area contributed by atoms with E-state index in [2.05, 4.69) is 26.8 Å². The second-order valence-corrected chi connectivity index (χ2v) is 12.7. The predicted octanol–water partition coefficient (Wildman–Crippen LogP) is 3.38. The fourth-order valence-electron chi connectivity index (χ4n) is 5.28. The number of halogens is 3. The number of pyridine rings is 1. The smallest absolute Gasteiger partial charge is 0.395 e. The lowest BCUT2D eigenvalue weighted by atomic mass is 9.97. The van der Waals surface area contributed by atoms with Crippen molar-refractivity contribution in [2.45, 2.75) is 63.3 Å². The molecule has 5 rings (SSSR count). The zero-order chi connectivity index (χ0) is 29.2. The Morgan fingerprint density at radius 2 is 1.93 bits per heavy atom. The Labute approximate surface area is 229 Å². The fraction of sp³-hybridized carbons (Fsp3) is 0.520. The van der Waals surface area contributed by atoms with Crippen molar-refractivity contribution in [2.24, 2.45) is 18.9 Å². The summed E-state index contributed by atoms with van der Waals surface area (Å²) in [5.74, 6) is -1.51. The van der Waals surface area contributed by atoms with Crippen LogP contribution >= 0.6 is 0 Å². The molecule has 11 nitrogen and oxygen atoms in total. The molecule has 4 heterocycles. The predicted molar refractivity (Wildman–Crippen MR) is 138 cm³/mol. The SMILES string of the molecule is Cc1nn(C)cc1S(=O)(=O)NC(=O)c1ccc(-n2ccc(O[C@H]3C[C@@H]3C(F)(F)F)n2)nc1N1C[C@@H](C)CC1(C)C. The van der Waals surface area contributed by atoms with Gasteiger partial charge in [0.15, 0.2) is 5.82 Å². The van der Waals surface area contributed by atoms with E-state index in [-0.39, 0.29) is 46.0 Å². The molecule has 2 fully saturated rings. The van der Waals surface area contributed by atoms with Gasteiger partial charge in [0.25, 0.3) is 15.9 Å². The molecule has 2 aliphatic rings. The Morgan fingerprint density at radius 3 is 2.50 bits per heavy atom. The number of carbonyl (C=O) groups is 1. The first-order valence-electron chi connectivity index (χ1n) is 12.7. The molecule has 3 atom stereocenters. The van der Waals surface area contributed by atoms with Gasteiger partial charge in [-0.05, 0) is 51.7 Å².